The minimum atomic E-state index is 0. The number of anilines is 2. The van der Waals surface area contributed by atoms with Gasteiger partial charge in [0.05, 0.1) is 0 Å². The molecular weight excluding hydrogens is 522 g/mol. The number of hydrogen-bond donors (Lipinski definition) is 0. The number of rotatable bonds is 4. The largest absolute Gasteiger partial charge is 1.00 e. The lowest BCUT2D eigenvalue weighted by atomic mass is 9.90. The lowest BCUT2D eigenvalue weighted by Gasteiger charge is -2.18. The number of nitrogens with zero attached hydrogens (tertiary/aromatic N) is 3. The molecule has 12 nitrogen and oxygen atoms in total. The number of allylic oxidation sites excluding steroid dienone is 5. The second kappa shape index (κ2) is 24.2. The van der Waals surface area contributed by atoms with Gasteiger partial charge in [0.25, 0.3) is 0 Å². The maximum atomic E-state index is 2.21. The van der Waals surface area contributed by atoms with Gasteiger partial charge >= 0.3 is 0 Å². The highest BCUT2D eigenvalue weighted by Crippen LogP contribution is 2.31. The van der Waals surface area contributed by atoms with E-state index in [9.17, 15) is 0 Å². The van der Waals surface area contributed by atoms with Crippen molar-refractivity contribution in [2.45, 2.75) is 0 Å². The summed E-state index contributed by atoms with van der Waals surface area (Å²) in [5.41, 5.74) is 8.53. The van der Waals surface area contributed by atoms with Crippen molar-refractivity contribution in [3.63, 3.8) is 0 Å². The highest BCUT2D eigenvalue weighted by molar-refractivity contribution is 6.04. The smallest absolute Gasteiger partial charge is 0.199 e. The fraction of sp³-hybridized carbons (Fsp3) is 0.240. The van der Waals surface area contributed by atoms with Crippen molar-refractivity contribution in [2.75, 3.05) is 52.1 Å². The molecule has 18 N–H and O–H groups in total. The molecule has 13 heteroatoms. The molecule has 0 amide bonds. The molecule has 0 radical (unpaired) electrons. The highest BCUT2D eigenvalue weighted by Gasteiger charge is 2.13. The third-order valence-electron chi connectivity index (χ3n) is 5.02. The predicted molar refractivity (Wildman–Crippen MR) is 155 cm³/mol. The summed E-state index contributed by atoms with van der Waals surface area (Å²) in [6, 6.07) is 17.6. The molecule has 0 spiro atoms. The zero-order valence-corrected chi connectivity index (χ0v) is 23.4. The summed E-state index contributed by atoms with van der Waals surface area (Å²) >= 11 is 0. The van der Waals surface area contributed by atoms with E-state index in [-0.39, 0.29) is 61.7 Å². The number of benzene rings is 2. The van der Waals surface area contributed by atoms with Crippen molar-refractivity contribution in [1.82, 2.24) is 0 Å². The Hall–Kier alpha value is -3.14. The zero-order valence-electron chi connectivity index (χ0n) is 22.6. The molecule has 2 aromatic carbocycles. The highest BCUT2D eigenvalue weighted by atomic mass is 35.5. The molecule has 1 aliphatic rings. The molecular formula is C25H48ClN3O9. The van der Waals surface area contributed by atoms with Gasteiger partial charge in [-0.25, -0.2) is 4.58 Å². The van der Waals surface area contributed by atoms with Crippen molar-refractivity contribution < 1.29 is 66.3 Å². The Morgan fingerprint density at radius 2 is 0.789 bits per heavy atom. The number of hydrogen-bond acceptors (Lipinski definition) is 2. The van der Waals surface area contributed by atoms with Crippen LogP contribution in [-0.4, -0.2) is 102 Å². The molecule has 0 unspecified atom stereocenters. The minimum absolute atomic E-state index is 0. The van der Waals surface area contributed by atoms with Crippen molar-refractivity contribution >= 4 is 22.7 Å². The molecule has 2 aromatic rings. The van der Waals surface area contributed by atoms with Crippen LogP contribution >= 0.6 is 0 Å². The lowest BCUT2D eigenvalue weighted by molar-refractivity contribution is -0.462. The third kappa shape index (κ3) is 12.9. The van der Waals surface area contributed by atoms with Gasteiger partial charge < -0.3 is 71.5 Å². The quantitative estimate of drug-likeness (QED) is 0.324. The van der Waals surface area contributed by atoms with Crippen LogP contribution in [0.2, 0.25) is 0 Å². The standard InChI is InChI=1S/C25H30N3.ClH.9H2O/c1-26(2)22-13-7-19(8-14-22)25(20-9-15-23(16-10-20)27(3)4)21-11-17-24(18-12-21)28(5)6;;;;;;;;;;/h7-18H,1-6H3;1H;9*1H2/q+1;;;;;;;;;;/p-1. The first kappa shape index (κ1) is 55.4. The van der Waals surface area contributed by atoms with Gasteiger partial charge in [-0.2, -0.15) is 0 Å². The maximum Gasteiger partial charge on any atom is 0.199 e. The summed E-state index contributed by atoms with van der Waals surface area (Å²) in [6.07, 6.45) is 8.78. The normalized spacial score (nSPS) is 9.53. The Labute approximate surface area is 230 Å². The minimum Gasteiger partial charge on any atom is -1.00 e. The van der Waals surface area contributed by atoms with Gasteiger partial charge in [-0.05, 0) is 58.7 Å². The first-order chi connectivity index (χ1) is 13.4. The molecule has 0 heterocycles. The Bertz CT molecular complexity index is 915. The monoisotopic (exact) mass is 569 g/mol. The second-order valence-electron chi connectivity index (χ2n) is 7.70. The molecule has 0 aromatic heterocycles. The van der Waals surface area contributed by atoms with Crippen LogP contribution in [0.4, 0.5) is 11.4 Å². The average Bonchev–Trinajstić information content (AvgIpc) is 2.69. The molecule has 0 aliphatic heterocycles. The van der Waals surface area contributed by atoms with E-state index in [1.807, 2.05) is 0 Å². The lowest BCUT2D eigenvalue weighted by Crippen LogP contribution is -3.00. The molecule has 1 aliphatic carbocycles. The van der Waals surface area contributed by atoms with Gasteiger partial charge in [0.2, 0.25) is 0 Å². The first-order valence-electron chi connectivity index (χ1n) is 9.57. The van der Waals surface area contributed by atoms with Gasteiger partial charge in [0.1, 0.15) is 14.1 Å². The van der Waals surface area contributed by atoms with E-state index in [1.165, 1.54) is 39.4 Å². The molecule has 3 rings (SSSR count). The van der Waals surface area contributed by atoms with E-state index >= 15 is 0 Å². The van der Waals surface area contributed by atoms with Crippen molar-refractivity contribution in [3.8, 4) is 0 Å². The van der Waals surface area contributed by atoms with Crippen LogP contribution in [0.15, 0.2) is 78.4 Å². The topological polar surface area (TPSA) is 293 Å². The van der Waals surface area contributed by atoms with E-state index in [1.54, 1.807) is 0 Å². The molecule has 38 heavy (non-hydrogen) atoms. The summed E-state index contributed by atoms with van der Waals surface area (Å²) in [4.78, 5) is 4.25. The van der Waals surface area contributed by atoms with Crippen molar-refractivity contribution in [2.24, 2.45) is 0 Å². The van der Waals surface area contributed by atoms with E-state index in [2.05, 4.69) is 129 Å². The van der Waals surface area contributed by atoms with Gasteiger partial charge in [0.15, 0.2) is 5.71 Å². The van der Waals surface area contributed by atoms with E-state index in [0.29, 0.717) is 0 Å². The summed E-state index contributed by atoms with van der Waals surface area (Å²) in [5.74, 6) is 0. The Balaban J connectivity index is -0.000000150. The molecule has 0 fully saturated rings. The zero-order chi connectivity index (χ0) is 20.3. The molecule has 0 atom stereocenters. The van der Waals surface area contributed by atoms with Crippen LogP contribution in [0, 0.1) is 0 Å². The fourth-order valence-electron chi connectivity index (χ4n) is 3.28. The Morgan fingerprint density at radius 1 is 0.500 bits per heavy atom. The maximum absolute atomic E-state index is 2.21. The molecule has 0 bridgehead atoms. The van der Waals surface area contributed by atoms with Crippen LogP contribution in [0.1, 0.15) is 11.1 Å². The number of halogens is 1. The first-order valence-corrected chi connectivity index (χ1v) is 9.57. The van der Waals surface area contributed by atoms with Gasteiger partial charge in [-0.15, -0.1) is 0 Å². The molecule has 0 saturated heterocycles. The molecule has 224 valence electrons. The third-order valence-corrected chi connectivity index (χ3v) is 5.02. The summed E-state index contributed by atoms with van der Waals surface area (Å²) < 4.78 is 2.13. The molecule has 0 saturated carbocycles. The second-order valence-corrected chi connectivity index (χ2v) is 7.70. The van der Waals surface area contributed by atoms with Crippen LogP contribution < -0.4 is 22.2 Å². The fourth-order valence-corrected chi connectivity index (χ4v) is 3.28. The van der Waals surface area contributed by atoms with Crippen molar-refractivity contribution in [1.29, 1.82) is 0 Å². The van der Waals surface area contributed by atoms with Crippen LogP contribution in [0.3, 0.4) is 0 Å². The predicted octanol–water partition coefficient (Wildman–Crippen LogP) is -5.96. The van der Waals surface area contributed by atoms with Crippen LogP contribution in [-0.2, 0) is 0 Å². The van der Waals surface area contributed by atoms with Gasteiger partial charge in [-0.1, -0.05) is 24.3 Å². The summed E-state index contributed by atoms with van der Waals surface area (Å²) in [7, 11) is 12.4. The summed E-state index contributed by atoms with van der Waals surface area (Å²) in [5, 5.41) is 0. The van der Waals surface area contributed by atoms with Gasteiger partial charge in [0, 0.05) is 51.7 Å². The SMILES string of the molecule is CN(C)c1ccc(C(=C2C=CC(=[N+](C)C)C=C2)c2ccc(N(C)C)cc2)cc1.O.O.O.O.O.O.O.O.O.[Cl-]. The van der Waals surface area contributed by atoms with E-state index < -0.39 is 0 Å². The van der Waals surface area contributed by atoms with Gasteiger partial charge in [-0.3, -0.25) is 0 Å². The van der Waals surface area contributed by atoms with Crippen LogP contribution in [0.5, 0.6) is 0 Å². The Kier molecular flexibility index (Phi) is 35.3. The van der Waals surface area contributed by atoms with Crippen molar-refractivity contribution in [3.05, 3.63) is 89.5 Å². The van der Waals surface area contributed by atoms with Crippen LogP contribution in [0.25, 0.3) is 5.57 Å². The van der Waals surface area contributed by atoms with E-state index in [4.69, 9.17) is 0 Å². The summed E-state index contributed by atoms with van der Waals surface area (Å²) in [6.45, 7) is 0. The average molecular weight is 570 g/mol. The Morgan fingerprint density at radius 3 is 1.03 bits per heavy atom. The van der Waals surface area contributed by atoms with E-state index in [0.717, 1.165) is 0 Å².